The number of nitrogens with one attached hydrogen (secondary N) is 3. The molecule has 2 saturated heterocycles. The standard InChI is InChI=1S/C10H14N4O/c15-10-13-9(7-1-2-11-3-7)6-14(10)8-4-12-5-8/h1-3,8-9,11-12H,4-6H2,(H,13,15). The lowest BCUT2D eigenvalue weighted by atomic mass is 10.1. The molecule has 80 valence electrons. The van der Waals surface area contributed by atoms with Crippen molar-refractivity contribution < 1.29 is 4.79 Å². The van der Waals surface area contributed by atoms with Gasteiger partial charge in [-0.3, -0.25) is 0 Å². The Morgan fingerprint density at radius 2 is 2.27 bits per heavy atom. The third kappa shape index (κ3) is 1.39. The van der Waals surface area contributed by atoms with E-state index in [4.69, 9.17) is 0 Å². The zero-order valence-corrected chi connectivity index (χ0v) is 8.36. The van der Waals surface area contributed by atoms with Crippen LogP contribution in [0.5, 0.6) is 0 Å². The number of carbonyl (C=O) groups excluding carboxylic acids is 1. The maximum atomic E-state index is 11.7. The topological polar surface area (TPSA) is 60.2 Å². The van der Waals surface area contributed by atoms with Crippen molar-refractivity contribution in [1.82, 2.24) is 20.5 Å². The van der Waals surface area contributed by atoms with E-state index in [0.717, 1.165) is 25.2 Å². The molecule has 0 aromatic carbocycles. The number of nitrogens with zero attached hydrogens (tertiary/aromatic N) is 1. The SMILES string of the molecule is O=C1NC(c2cc[nH]c2)CN1C1CNC1. The molecule has 0 aliphatic carbocycles. The molecule has 0 radical (unpaired) electrons. The summed E-state index contributed by atoms with van der Waals surface area (Å²) in [6.45, 7) is 2.63. The lowest BCUT2D eigenvalue weighted by Gasteiger charge is -2.34. The third-order valence-electron chi connectivity index (χ3n) is 3.16. The molecule has 2 amide bonds. The molecule has 15 heavy (non-hydrogen) atoms. The Bertz CT molecular complexity index is 358. The van der Waals surface area contributed by atoms with Crippen molar-refractivity contribution in [2.75, 3.05) is 19.6 Å². The van der Waals surface area contributed by atoms with Gasteiger partial charge in [0.05, 0.1) is 12.1 Å². The van der Waals surface area contributed by atoms with Gasteiger partial charge in [-0.1, -0.05) is 0 Å². The largest absolute Gasteiger partial charge is 0.367 e. The van der Waals surface area contributed by atoms with E-state index in [1.54, 1.807) is 0 Å². The third-order valence-corrected chi connectivity index (χ3v) is 3.16. The number of hydrogen-bond acceptors (Lipinski definition) is 2. The predicted molar refractivity (Wildman–Crippen MR) is 55.4 cm³/mol. The molecule has 1 atom stereocenters. The molecule has 2 fully saturated rings. The summed E-state index contributed by atoms with van der Waals surface area (Å²) >= 11 is 0. The first-order chi connectivity index (χ1) is 7.34. The van der Waals surface area contributed by atoms with Gasteiger partial charge >= 0.3 is 6.03 Å². The van der Waals surface area contributed by atoms with Crippen LogP contribution < -0.4 is 10.6 Å². The van der Waals surface area contributed by atoms with Crippen molar-refractivity contribution in [1.29, 1.82) is 0 Å². The Hall–Kier alpha value is -1.49. The Labute approximate surface area is 87.8 Å². The van der Waals surface area contributed by atoms with E-state index < -0.39 is 0 Å². The maximum Gasteiger partial charge on any atom is 0.318 e. The lowest BCUT2D eigenvalue weighted by molar-refractivity contribution is 0.172. The zero-order valence-electron chi connectivity index (χ0n) is 8.36. The van der Waals surface area contributed by atoms with Gasteiger partial charge in [0.15, 0.2) is 0 Å². The van der Waals surface area contributed by atoms with Crippen molar-refractivity contribution in [3.63, 3.8) is 0 Å². The van der Waals surface area contributed by atoms with Crippen LogP contribution in [-0.4, -0.2) is 41.6 Å². The normalized spacial score (nSPS) is 26.5. The first-order valence-electron chi connectivity index (χ1n) is 5.25. The predicted octanol–water partition coefficient (Wildman–Crippen LogP) is 0.0528. The highest BCUT2D eigenvalue weighted by atomic mass is 16.2. The van der Waals surface area contributed by atoms with Crippen LogP contribution in [0.15, 0.2) is 18.5 Å². The van der Waals surface area contributed by atoms with Gasteiger partial charge in [0, 0.05) is 32.0 Å². The summed E-state index contributed by atoms with van der Waals surface area (Å²) in [6.07, 6.45) is 3.82. The number of rotatable bonds is 2. The molecule has 2 aliphatic rings. The molecule has 3 rings (SSSR count). The van der Waals surface area contributed by atoms with E-state index in [2.05, 4.69) is 15.6 Å². The van der Waals surface area contributed by atoms with Crippen LogP contribution in [0.2, 0.25) is 0 Å². The number of urea groups is 1. The molecule has 0 spiro atoms. The summed E-state index contributed by atoms with van der Waals surface area (Å²) in [7, 11) is 0. The van der Waals surface area contributed by atoms with E-state index in [-0.39, 0.29) is 12.1 Å². The number of amides is 2. The molecule has 5 nitrogen and oxygen atoms in total. The fourth-order valence-electron chi connectivity index (χ4n) is 2.11. The molecule has 2 aliphatic heterocycles. The minimum absolute atomic E-state index is 0.0627. The summed E-state index contributed by atoms with van der Waals surface area (Å²) in [5.74, 6) is 0. The van der Waals surface area contributed by atoms with E-state index in [9.17, 15) is 4.79 Å². The van der Waals surface area contributed by atoms with Crippen molar-refractivity contribution in [2.24, 2.45) is 0 Å². The van der Waals surface area contributed by atoms with Crippen molar-refractivity contribution in [2.45, 2.75) is 12.1 Å². The average molecular weight is 206 g/mol. The number of H-pyrrole nitrogens is 1. The average Bonchev–Trinajstić information content (AvgIpc) is 2.72. The molecule has 1 aromatic rings. The Morgan fingerprint density at radius 3 is 2.87 bits per heavy atom. The van der Waals surface area contributed by atoms with Gasteiger partial charge in [0.25, 0.3) is 0 Å². The van der Waals surface area contributed by atoms with Crippen molar-refractivity contribution in [3.05, 3.63) is 24.0 Å². The summed E-state index contributed by atoms with van der Waals surface area (Å²) in [4.78, 5) is 16.6. The van der Waals surface area contributed by atoms with E-state index in [1.165, 1.54) is 0 Å². The maximum absolute atomic E-state index is 11.7. The van der Waals surface area contributed by atoms with Gasteiger partial charge in [-0.25, -0.2) is 4.79 Å². The molecule has 3 N–H and O–H groups in total. The van der Waals surface area contributed by atoms with Crippen LogP contribution in [0.1, 0.15) is 11.6 Å². The smallest absolute Gasteiger partial charge is 0.318 e. The number of carbonyl (C=O) groups is 1. The quantitative estimate of drug-likeness (QED) is 0.640. The minimum Gasteiger partial charge on any atom is -0.367 e. The van der Waals surface area contributed by atoms with Crippen LogP contribution in [0.25, 0.3) is 0 Å². The monoisotopic (exact) mass is 206 g/mol. The van der Waals surface area contributed by atoms with Crippen LogP contribution in [0, 0.1) is 0 Å². The summed E-state index contributed by atoms with van der Waals surface area (Å²) in [5.41, 5.74) is 1.15. The molecule has 1 unspecified atom stereocenters. The van der Waals surface area contributed by atoms with E-state index in [0.29, 0.717) is 6.04 Å². The molecule has 5 heteroatoms. The Balaban J connectivity index is 1.73. The molecular weight excluding hydrogens is 192 g/mol. The fourth-order valence-corrected chi connectivity index (χ4v) is 2.11. The van der Waals surface area contributed by atoms with Crippen molar-refractivity contribution in [3.8, 4) is 0 Å². The Kier molecular flexibility index (Phi) is 1.92. The van der Waals surface area contributed by atoms with E-state index >= 15 is 0 Å². The lowest BCUT2D eigenvalue weighted by Crippen LogP contribution is -2.57. The second-order valence-electron chi connectivity index (χ2n) is 4.11. The summed E-state index contributed by atoms with van der Waals surface area (Å²) in [5, 5.41) is 6.18. The first kappa shape index (κ1) is 8.79. The zero-order chi connectivity index (χ0) is 10.3. The minimum atomic E-state index is 0.0627. The van der Waals surface area contributed by atoms with Crippen LogP contribution in [0.3, 0.4) is 0 Å². The van der Waals surface area contributed by atoms with Gasteiger partial charge in [-0.05, 0) is 11.6 Å². The summed E-state index contributed by atoms with van der Waals surface area (Å²) in [6, 6.07) is 2.60. The molecule has 0 bridgehead atoms. The highest BCUT2D eigenvalue weighted by Gasteiger charge is 2.36. The fraction of sp³-hybridized carbons (Fsp3) is 0.500. The van der Waals surface area contributed by atoms with Crippen LogP contribution in [0.4, 0.5) is 4.79 Å². The molecule has 3 heterocycles. The highest BCUT2D eigenvalue weighted by molar-refractivity contribution is 5.77. The number of aromatic nitrogens is 1. The Morgan fingerprint density at radius 1 is 1.40 bits per heavy atom. The van der Waals surface area contributed by atoms with E-state index in [1.807, 2.05) is 23.4 Å². The molecular formula is C10H14N4O. The van der Waals surface area contributed by atoms with Gasteiger partial charge < -0.3 is 20.5 Å². The summed E-state index contributed by atoms with van der Waals surface area (Å²) < 4.78 is 0. The number of hydrogen-bond donors (Lipinski definition) is 3. The van der Waals surface area contributed by atoms with Crippen LogP contribution >= 0.6 is 0 Å². The van der Waals surface area contributed by atoms with Crippen molar-refractivity contribution >= 4 is 6.03 Å². The first-order valence-corrected chi connectivity index (χ1v) is 5.25. The van der Waals surface area contributed by atoms with Crippen LogP contribution in [-0.2, 0) is 0 Å². The second kappa shape index (κ2) is 3.27. The highest BCUT2D eigenvalue weighted by Crippen LogP contribution is 2.22. The van der Waals surface area contributed by atoms with Gasteiger partial charge in [0.1, 0.15) is 0 Å². The molecule has 0 saturated carbocycles. The van der Waals surface area contributed by atoms with Gasteiger partial charge in [-0.15, -0.1) is 0 Å². The second-order valence-corrected chi connectivity index (χ2v) is 4.11. The number of aromatic amines is 1. The van der Waals surface area contributed by atoms with Gasteiger partial charge in [-0.2, -0.15) is 0 Å². The molecule has 1 aromatic heterocycles. The van der Waals surface area contributed by atoms with Gasteiger partial charge in [0.2, 0.25) is 0 Å².